The molecule has 4 aromatic rings. The minimum atomic E-state index is -1.18. The summed E-state index contributed by atoms with van der Waals surface area (Å²) in [5.41, 5.74) is 4.19. The van der Waals surface area contributed by atoms with E-state index in [0.29, 0.717) is 11.1 Å². The maximum absolute atomic E-state index is 15.9. The largest absolute Gasteiger partial charge is 0.410 e. The van der Waals surface area contributed by atoms with E-state index in [-0.39, 0.29) is 5.56 Å². The quantitative estimate of drug-likeness (QED) is 0.285. The second-order valence-corrected chi connectivity index (χ2v) is 11.7. The van der Waals surface area contributed by atoms with E-state index >= 15 is 4.39 Å². The Morgan fingerprint density at radius 1 is 0.939 bits per heavy atom. The Kier molecular flexibility index (Phi) is 6.25. The molecule has 0 aliphatic carbocycles. The van der Waals surface area contributed by atoms with Crippen LogP contribution in [0.25, 0.3) is 28.0 Å². The van der Waals surface area contributed by atoms with Crippen LogP contribution in [0.3, 0.4) is 0 Å². The van der Waals surface area contributed by atoms with Crippen LogP contribution in [0.15, 0.2) is 60.8 Å². The van der Waals surface area contributed by atoms with Crippen molar-refractivity contribution in [2.75, 3.05) is 0 Å². The highest BCUT2D eigenvalue weighted by Gasteiger charge is 2.34. The van der Waals surface area contributed by atoms with E-state index in [4.69, 9.17) is 9.41 Å². The summed E-state index contributed by atoms with van der Waals surface area (Å²) in [5, 5.41) is 0. The third kappa shape index (κ3) is 4.50. The number of halogens is 2. The predicted molar refractivity (Wildman–Crippen MR) is 131 cm³/mol. The van der Waals surface area contributed by atoms with Crippen molar-refractivity contribution < 1.29 is 13.2 Å². The van der Waals surface area contributed by atoms with Crippen LogP contribution in [0.5, 0.6) is 0 Å². The minimum Gasteiger partial charge on any atom is -0.410 e. The summed E-state index contributed by atoms with van der Waals surface area (Å²) in [7, 11) is -1.18. The molecular formula is C27H29F2N2OSi. The number of hydrogen-bond donors (Lipinski definition) is 0. The fourth-order valence-electron chi connectivity index (χ4n) is 4.13. The van der Waals surface area contributed by atoms with Gasteiger partial charge in [-0.1, -0.05) is 51.1 Å². The van der Waals surface area contributed by atoms with Gasteiger partial charge in [-0.25, -0.2) is 13.8 Å². The Hall–Kier alpha value is -2.83. The molecule has 4 rings (SSSR count). The number of aryl methyl sites for hydroxylation is 1. The zero-order valence-corrected chi connectivity index (χ0v) is 20.9. The summed E-state index contributed by atoms with van der Waals surface area (Å²) >= 11 is 0. The Labute approximate surface area is 195 Å². The van der Waals surface area contributed by atoms with Gasteiger partial charge in [0.2, 0.25) is 9.04 Å². The first kappa shape index (κ1) is 23.3. The van der Waals surface area contributed by atoms with Crippen molar-refractivity contribution in [2.45, 2.75) is 46.9 Å². The zero-order chi connectivity index (χ0) is 23.9. The van der Waals surface area contributed by atoms with E-state index in [0.717, 1.165) is 22.6 Å². The minimum absolute atomic E-state index is 0.00127. The number of pyridine rings is 1. The Morgan fingerprint density at radius 3 is 2.27 bits per heavy atom. The molecule has 0 amide bonds. The topological polar surface area (TPSA) is 26.5 Å². The maximum Gasteiger partial charge on any atom is 0.205 e. The molecule has 3 nitrogen and oxygen atoms in total. The van der Waals surface area contributed by atoms with Gasteiger partial charge in [0.25, 0.3) is 0 Å². The van der Waals surface area contributed by atoms with Crippen molar-refractivity contribution in [3.8, 4) is 22.4 Å². The molecule has 1 atom stereocenters. The molecule has 1 unspecified atom stereocenters. The summed E-state index contributed by atoms with van der Waals surface area (Å²) in [6.07, 6.45) is 1.19. The van der Waals surface area contributed by atoms with Gasteiger partial charge in [0.05, 0.1) is 17.4 Å². The van der Waals surface area contributed by atoms with Crippen molar-refractivity contribution in [1.29, 1.82) is 0 Å². The van der Waals surface area contributed by atoms with Crippen molar-refractivity contribution in [2.24, 2.45) is 5.41 Å². The van der Waals surface area contributed by atoms with Gasteiger partial charge in [-0.15, -0.1) is 0 Å². The molecule has 0 spiro atoms. The SMILES string of the molecule is Cc1c(-c2ccccc2)nc2ccc(-c3ccc(F)c(C(O[Si](C)C)C(C)(C)C)c3F)cn12. The summed E-state index contributed by atoms with van der Waals surface area (Å²) < 4.78 is 38.9. The van der Waals surface area contributed by atoms with Crippen LogP contribution in [0.4, 0.5) is 8.78 Å². The molecule has 2 aromatic carbocycles. The van der Waals surface area contributed by atoms with Gasteiger partial charge in [-0.2, -0.15) is 0 Å². The van der Waals surface area contributed by atoms with Gasteiger partial charge in [0, 0.05) is 28.6 Å². The lowest BCUT2D eigenvalue weighted by Gasteiger charge is -2.33. The molecule has 6 heteroatoms. The first-order valence-corrected chi connectivity index (χ1v) is 13.5. The number of aromatic nitrogens is 2. The monoisotopic (exact) mass is 463 g/mol. The number of rotatable bonds is 5. The second-order valence-electron chi connectivity index (χ2n) is 9.65. The molecule has 0 aliphatic rings. The van der Waals surface area contributed by atoms with Crippen LogP contribution < -0.4 is 0 Å². The van der Waals surface area contributed by atoms with E-state index in [1.807, 2.05) is 93.9 Å². The highest BCUT2D eigenvalue weighted by atomic mass is 28.3. The number of nitrogens with zero attached hydrogens (tertiary/aromatic N) is 2. The van der Waals surface area contributed by atoms with Gasteiger partial charge in [0.1, 0.15) is 17.3 Å². The zero-order valence-electron chi connectivity index (χ0n) is 19.9. The number of imidazole rings is 1. The van der Waals surface area contributed by atoms with Gasteiger partial charge in [-0.05, 0) is 49.7 Å². The van der Waals surface area contributed by atoms with Crippen molar-refractivity contribution in [1.82, 2.24) is 9.38 Å². The molecule has 2 heterocycles. The third-order valence-corrected chi connectivity index (χ3v) is 6.45. The number of hydrogen-bond acceptors (Lipinski definition) is 2. The first-order chi connectivity index (χ1) is 15.6. The Morgan fingerprint density at radius 2 is 1.64 bits per heavy atom. The first-order valence-electron chi connectivity index (χ1n) is 11.1. The molecule has 0 bridgehead atoms. The van der Waals surface area contributed by atoms with Gasteiger partial charge in [0.15, 0.2) is 0 Å². The average Bonchev–Trinajstić information content (AvgIpc) is 3.09. The lowest BCUT2D eigenvalue weighted by atomic mass is 9.83. The maximum atomic E-state index is 15.9. The lowest BCUT2D eigenvalue weighted by molar-refractivity contribution is 0.0796. The smallest absolute Gasteiger partial charge is 0.205 e. The number of fused-ring (bicyclic) bond motifs is 1. The Bertz CT molecular complexity index is 1290. The van der Waals surface area contributed by atoms with Crippen LogP contribution in [-0.2, 0) is 4.43 Å². The van der Waals surface area contributed by atoms with Crippen molar-refractivity contribution >= 4 is 14.7 Å². The number of benzene rings is 2. The van der Waals surface area contributed by atoms with Crippen LogP contribution in [0, 0.1) is 24.0 Å². The fourth-order valence-corrected chi connectivity index (χ4v) is 5.07. The summed E-state index contributed by atoms with van der Waals surface area (Å²) in [4.78, 5) is 4.76. The molecule has 0 N–H and O–H groups in total. The normalized spacial score (nSPS) is 13.1. The van der Waals surface area contributed by atoms with Crippen LogP contribution in [0.2, 0.25) is 13.1 Å². The van der Waals surface area contributed by atoms with Crippen molar-refractivity contribution in [3.63, 3.8) is 0 Å². The van der Waals surface area contributed by atoms with Gasteiger partial charge in [-0.3, -0.25) is 0 Å². The fraction of sp³-hybridized carbons (Fsp3) is 0.296. The molecule has 0 fully saturated rings. The van der Waals surface area contributed by atoms with Gasteiger partial charge >= 0.3 is 0 Å². The average molecular weight is 464 g/mol. The highest BCUT2D eigenvalue weighted by molar-refractivity contribution is 6.48. The van der Waals surface area contributed by atoms with Crippen LogP contribution >= 0.6 is 0 Å². The molecule has 171 valence electrons. The van der Waals surface area contributed by atoms with E-state index < -0.39 is 32.2 Å². The lowest BCUT2D eigenvalue weighted by Crippen LogP contribution is -2.27. The summed E-state index contributed by atoms with van der Waals surface area (Å²) in [6, 6.07) is 16.5. The third-order valence-electron chi connectivity index (χ3n) is 5.74. The van der Waals surface area contributed by atoms with E-state index in [2.05, 4.69) is 0 Å². The molecule has 2 aromatic heterocycles. The molecule has 0 saturated heterocycles. The molecule has 0 aliphatic heterocycles. The van der Waals surface area contributed by atoms with E-state index in [1.165, 1.54) is 12.1 Å². The van der Waals surface area contributed by atoms with Crippen molar-refractivity contribution in [3.05, 3.63) is 83.7 Å². The predicted octanol–water partition coefficient (Wildman–Crippen LogP) is 7.61. The molecule has 33 heavy (non-hydrogen) atoms. The summed E-state index contributed by atoms with van der Waals surface area (Å²) in [6.45, 7) is 11.8. The van der Waals surface area contributed by atoms with E-state index in [9.17, 15) is 4.39 Å². The summed E-state index contributed by atoms with van der Waals surface area (Å²) in [5.74, 6) is -1.15. The molecule has 1 radical (unpaired) electrons. The second kappa shape index (κ2) is 8.84. The Balaban J connectivity index is 1.85. The standard InChI is InChI=1S/C27H29F2N2OSi/c1-17-25(18-10-8-7-9-11-18)30-22-15-12-19(16-31(17)22)20-13-14-21(28)23(24(20)29)26(27(2,3)4)32-33(5)6/h7-16,26H,1-6H3. The van der Waals surface area contributed by atoms with E-state index in [1.54, 1.807) is 0 Å². The van der Waals surface area contributed by atoms with Crippen LogP contribution in [-0.4, -0.2) is 18.4 Å². The van der Waals surface area contributed by atoms with Gasteiger partial charge < -0.3 is 8.83 Å². The molecule has 0 saturated carbocycles. The highest BCUT2D eigenvalue weighted by Crippen LogP contribution is 2.41. The van der Waals surface area contributed by atoms with Crippen LogP contribution in [0.1, 0.15) is 38.1 Å². The molecular weight excluding hydrogens is 434 g/mol.